The molecule has 186 valence electrons. The number of ether oxygens (including phenoxy) is 1. The van der Waals surface area contributed by atoms with Crippen LogP contribution in [0.5, 0.6) is 0 Å². The van der Waals surface area contributed by atoms with Gasteiger partial charge in [0.15, 0.2) is 5.65 Å². The van der Waals surface area contributed by atoms with E-state index in [0.29, 0.717) is 55.4 Å². The van der Waals surface area contributed by atoms with E-state index in [0.717, 1.165) is 19.4 Å². The third-order valence-corrected chi connectivity index (χ3v) is 7.15. The number of hydrogen-bond acceptors (Lipinski definition) is 7. The highest BCUT2D eigenvalue weighted by atomic mass is 35.5. The van der Waals surface area contributed by atoms with Gasteiger partial charge in [0.2, 0.25) is 17.8 Å². The zero-order valence-electron chi connectivity index (χ0n) is 18.9. The Morgan fingerprint density at radius 1 is 1.17 bits per heavy atom. The van der Waals surface area contributed by atoms with E-state index in [2.05, 4.69) is 20.6 Å². The molecule has 2 aromatic heterocycles. The van der Waals surface area contributed by atoms with Crippen LogP contribution in [0.4, 0.5) is 22.0 Å². The summed E-state index contributed by atoms with van der Waals surface area (Å²) in [5.74, 6) is -0.167. The zero-order chi connectivity index (χ0) is 24.5. The second-order valence-corrected chi connectivity index (χ2v) is 9.89. The van der Waals surface area contributed by atoms with Gasteiger partial charge in [0, 0.05) is 23.6 Å². The second kappa shape index (κ2) is 10.1. The number of fused-ring (bicyclic) bond motifs is 1. The molecule has 2 fully saturated rings. The van der Waals surface area contributed by atoms with E-state index in [1.165, 1.54) is 12.1 Å². The Kier molecular flexibility index (Phi) is 6.95. The van der Waals surface area contributed by atoms with Gasteiger partial charge in [0.1, 0.15) is 11.3 Å². The number of nitrogens with one attached hydrogen (secondary N) is 2. The second-order valence-electron chi connectivity index (χ2n) is 9.04. The minimum atomic E-state index is -0.593. The number of hydrogen-bond donors (Lipinski definition) is 3. The Balaban J connectivity index is 1.52. The highest BCUT2D eigenvalue weighted by Crippen LogP contribution is 2.38. The maximum Gasteiger partial charge on any atom is 0.225 e. The van der Waals surface area contributed by atoms with Gasteiger partial charge in [-0.1, -0.05) is 23.2 Å². The minimum absolute atomic E-state index is 0.0204. The molecule has 1 aliphatic carbocycles. The Bertz CT molecular complexity index is 1220. The van der Waals surface area contributed by atoms with Crippen molar-refractivity contribution in [3.8, 4) is 0 Å². The van der Waals surface area contributed by atoms with E-state index in [1.807, 2.05) is 4.57 Å². The van der Waals surface area contributed by atoms with Crippen molar-refractivity contribution in [2.45, 2.75) is 50.6 Å². The number of anilines is 3. The molecule has 1 aromatic carbocycles. The standard InChI is InChI=1S/C23H26Cl2FN7O2/c24-13-8-16(25)19(17(26)9-13)31-23-30-18-10-28-22(29-14-2-1-7-35-11-14)32-21(18)33(23)15-5-3-12(4-6-15)20(27)34/h8-10,12,14-15H,1-7,11H2,(H2,27,34)(H,30,31)(H,28,29,32)/t12-,14-,15-/m0/s1. The Morgan fingerprint density at radius 2 is 1.97 bits per heavy atom. The van der Waals surface area contributed by atoms with Crippen LogP contribution in [-0.2, 0) is 9.53 Å². The summed E-state index contributed by atoms with van der Waals surface area (Å²) in [7, 11) is 0. The quantitative estimate of drug-likeness (QED) is 0.425. The average molecular weight is 522 g/mol. The highest BCUT2D eigenvalue weighted by molar-refractivity contribution is 6.36. The van der Waals surface area contributed by atoms with Gasteiger partial charge in [0.05, 0.1) is 29.6 Å². The first kappa shape index (κ1) is 24.0. The van der Waals surface area contributed by atoms with Crippen LogP contribution in [0.2, 0.25) is 10.0 Å². The smallest absolute Gasteiger partial charge is 0.225 e. The van der Waals surface area contributed by atoms with Crippen molar-refractivity contribution in [2.75, 3.05) is 23.8 Å². The molecule has 0 spiro atoms. The number of rotatable bonds is 6. The predicted molar refractivity (Wildman–Crippen MR) is 133 cm³/mol. The highest BCUT2D eigenvalue weighted by Gasteiger charge is 2.29. The van der Waals surface area contributed by atoms with Crippen LogP contribution in [0, 0.1) is 11.7 Å². The van der Waals surface area contributed by atoms with E-state index >= 15 is 0 Å². The van der Waals surface area contributed by atoms with Crippen LogP contribution in [0.15, 0.2) is 18.3 Å². The number of amides is 1. The number of nitrogens with zero attached hydrogens (tertiary/aromatic N) is 4. The lowest BCUT2D eigenvalue weighted by molar-refractivity contribution is -0.122. The third kappa shape index (κ3) is 5.14. The van der Waals surface area contributed by atoms with Crippen molar-refractivity contribution in [2.24, 2.45) is 11.7 Å². The molecular weight excluding hydrogens is 496 g/mol. The molecule has 5 rings (SSSR count). The molecule has 3 heterocycles. The molecule has 1 aliphatic heterocycles. The van der Waals surface area contributed by atoms with Crippen LogP contribution in [0.1, 0.15) is 44.6 Å². The fourth-order valence-corrected chi connectivity index (χ4v) is 5.34. The normalized spacial score (nSPS) is 22.8. The number of aromatic nitrogens is 4. The first-order chi connectivity index (χ1) is 16.9. The topological polar surface area (TPSA) is 120 Å². The van der Waals surface area contributed by atoms with Crippen LogP contribution in [-0.4, -0.2) is 44.7 Å². The van der Waals surface area contributed by atoms with E-state index in [4.69, 9.17) is 38.7 Å². The summed E-state index contributed by atoms with van der Waals surface area (Å²) in [5.41, 5.74) is 6.77. The Hall–Kier alpha value is -2.69. The van der Waals surface area contributed by atoms with Gasteiger partial charge in [-0.05, 0) is 50.7 Å². The number of carbonyl (C=O) groups excluding carboxylic acids is 1. The summed E-state index contributed by atoms with van der Waals surface area (Å²) in [6.07, 6.45) is 6.31. The largest absolute Gasteiger partial charge is 0.379 e. The van der Waals surface area contributed by atoms with Crippen LogP contribution >= 0.6 is 23.2 Å². The molecule has 9 nitrogen and oxygen atoms in total. The number of nitrogens with two attached hydrogens (primary N) is 1. The molecule has 3 aromatic rings. The number of primary amides is 1. The van der Waals surface area contributed by atoms with Crippen LogP contribution in [0.25, 0.3) is 11.2 Å². The van der Waals surface area contributed by atoms with E-state index in [1.54, 1.807) is 6.20 Å². The third-order valence-electron chi connectivity index (χ3n) is 6.63. The monoisotopic (exact) mass is 521 g/mol. The fraction of sp³-hybridized carbons (Fsp3) is 0.478. The molecule has 1 atom stereocenters. The zero-order valence-corrected chi connectivity index (χ0v) is 20.4. The molecule has 12 heteroatoms. The molecule has 2 aliphatic rings. The summed E-state index contributed by atoms with van der Waals surface area (Å²) < 4.78 is 22.2. The van der Waals surface area contributed by atoms with Crippen LogP contribution < -0.4 is 16.4 Å². The van der Waals surface area contributed by atoms with Gasteiger partial charge in [-0.3, -0.25) is 9.36 Å². The van der Waals surface area contributed by atoms with Crippen LogP contribution in [0.3, 0.4) is 0 Å². The lowest BCUT2D eigenvalue weighted by Crippen LogP contribution is -2.31. The first-order valence-corrected chi connectivity index (χ1v) is 12.4. The molecule has 1 saturated carbocycles. The average Bonchev–Trinajstić information content (AvgIpc) is 3.19. The Morgan fingerprint density at radius 3 is 2.66 bits per heavy atom. The SMILES string of the molecule is NC(=O)[C@H]1CC[C@H](n2c(Nc3c(F)cc(Cl)cc3Cl)nc3cnc(N[C@H]4CCCOC4)nc32)CC1. The summed E-state index contributed by atoms with van der Waals surface area (Å²) in [4.78, 5) is 25.5. The number of imidazole rings is 1. The van der Waals surface area contributed by atoms with Gasteiger partial charge in [-0.15, -0.1) is 0 Å². The van der Waals surface area contributed by atoms with Crippen molar-refractivity contribution >= 4 is 57.9 Å². The molecule has 1 amide bonds. The summed E-state index contributed by atoms with van der Waals surface area (Å²) in [6, 6.07) is 2.76. The first-order valence-electron chi connectivity index (χ1n) is 11.7. The van der Waals surface area contributed by atoms with Gasteiger partial charge in [0.25, 0.3) is 0 Å². The molecule has 0 bridgehead atoms. The van der Waals surface area contributed by atoms with Crippen molar-refractivity contribution in [3.05, 3.63) is 34.2 Å². The fourth-order valence-electron chi connectivity index (χ4n) is 4.82. The van der Waals surface area contributed by atoms with Gasteiger partial charge in [-0.2, -0.15) is 4.98 Å². The van der Waals surface area contributed by atoms with Gasteiger partial charge >= 0.3 is 0 Å². The lowest BCUT2D eigenvalue weighted by atomic mass is 9.85. The maximum absolute atomic E-state index is 14.7. The lowest BCUT2D eigenvalue weighted by Gasteiger charge is -2.29. The molecule has 0 radical (unpaired) electrons. The summed E-state index contributed by atoms with van der Waals surface area (Å²) >= 11 is 12.2. The molecule has 0 unspecified atom stereocenters. The number of benzene rings is 1. The van der Waals surface area contributed by atoms with Crippen molar-refractivity contribution in [1.29, 1.82) is 0 Å². The maximum atomic E-state index is 14.7. The molecule has 35 heavy (non-hydrogen) atoms. The molecule has 1 saturated heterocycles. The Labute approximate surface area is 211 Å². The van der Waals surface area contributed by atoms with Crippen molar-refractivity contribution in [1.82, 2.24) is 19.5 Å². The summed E-state index contributed by atoms with van der Waals surface area (Å²) in [5, 5.41) is 6.72. The molecular formula is C23H26Cl2FN7O2. The van der Waals surface area contributed by atoms with Crippen molar-refractivity contribution in [3.63, 3.8) is 0 Å². The number of halogens is 3. The van der Waals surface area contributed by atoms with Crippen molar-refractivity contribution < 1.29 is 13.9 Å². The summed E-state index contributed by atoms with van der Waals surface area (Å²) in [6.45, 7) is 1.36. The van der Waals surface area contributed by atoms with Gasteiger partial charge in [-0.25, -0.2) is 14.4 Å². The van der Waals surface area contributed by atoms with E-state index < -0.39 is 5.82 Å². The molecule has 4 N–H and O–H groups in total. The van der Waals surface area contributed by atoms with E-state index in [-0.39, 0.29) is 39.6 Å². The number of carbonyl (C=O) groups is 1. The van der Waals surface area contributed by atoms with E-state index in [9.17, 15) is 9.18 Å². The predicted octanol–water partition coefficient (Wildman–Crippen LogP) is 4.82. The minimum Gasteiger partial charge on any atom is -0.379 e. The van der Waals surface area contributed by atoms with Gasteiger partial charge < -0.3 is 21.1 Å².